The van der Waals surface area contributed by atoms with Gasteiger partial charge in [0, 0.05) is 12.2 Å². The maximum absolute atomic E-state index is 11.3. The van der Waals surface area contributed by atoms with E-state index in [-0.39, 0.29) is 6.42 Å². The molecule has 102 valence electrons. The fraction of sp³-hybridized carbons (Fsp3) is 0.545. The Balaban J connectivity index is 4.54. The lowest BCUT2D eigenvalue weighted by Crippen LogP contribution is -2.43. The molecule has 0 fully saturated rings. The number of aliphatic carboxylic acids is 2. The predicted octanol–water partition coefficient (Wildman–Crippen LogP) is -0.280. The van der Waals surface area contributed by atoms with Gasteiger partial charge in [-0.3, -0.25) is 4.79 Å². The van der Waals surface area contributed by atoms with Crippen LogP contribution in [0.4, 0.5) is 0 Å². The summed E-state index contributed by atoms with van der Waals surface area (Å²) in [6.45, 7) is 0.318. The molecule has 7 nitrogen and oxygen atoms in total. The number of hydrogen-bond donors (Lipinski definition) is 2. The van der Waals surface area contributed by atoms with Crippen LogP contribution in [0.1, 0.15) is 6.42 Å². The summed E-state index contributed by atoms with van der Waals surface area (Å²) in [4.78, 5) is 32.1. The molecule has 0 spiro atoms. The van der Waals surface area contributed by atoms with Crippen molar-refractivity contribution < 1.29 is 33.8 Å². The van der Waals surface area contributed by atoms with Crippen LogP contribution in [0.2, 0.25) is 0 Å². The van der Waals surface area contributed by atoms with Gasteiger partial charge >= 0.3 is 17.9 Å². The number of likely N-dealkylation sites (N-methyl/N-ethyl adjacent to an activating group) is 1. The van der Waals surface area contributed by atoms with E-state index in [0.29, 0.717) is 17.1 Å². The number of hydrogen-bond acceptors (Lipinski definition) is 4. The molecular formula is C11H18NO6+. The monoisotopic (exact) mass is 260 g/mol. The molecule has 0 aliphatic carbocycles. The zero-order chi connectivity index (χ0) is 14.3. The molecule has 0 rings (SSSR count). The van der Waals surface area contributed by atoms with Crippen LogP contribution in [0.3, 0.4) is 0 Å². The van der Waals surface area contributed by atoms with Gasteiger partial charge in [0.1, 0.15) is 6.54 Å². The van der Waals surface area contributed by atoms with Crippen molar-refractivity contribution in [3.63, 3.8) is 0 Å². The van der Waals surface area contributed by atoms with Gasteiger partial charge in [0.05, 0.1) is 27.6 Å². The number of carbonyl (C=O) groups excluding carboxylic acids is 1. The smallest absolute Gasteiger partial charge is 0.331 e. The molecule has 18 heavy (non-hydrogen) atoms. The van der Waals surface area contributed by atoms with E-state index in [1.165, 1.54) is 0 Å². The summed E-state index contributed by atoms with van der Waals surface area (Å²) in [5, 5.41) is 17.0. The Morgan fingerprint density at radius 2 is 1.72 bits per heavy atom. The predicted molar refractivity (Wildman–Crippen MR) is 61.8 cm³/mol. The number of carbonyl (C=O) groups is 3. The summed E-state index contributed by atoms with van der Waals surface area (Å²) in [6, 6.07) is 0. The molecule has 7 heteroatoms. The van der Waals surface area contributed by atoms with E-state index < -0.39 is 24.0 Å². The summed E-state index contributed by atoms with van der Waals surface area (Å²) in [6.07, 6.45) is 0.287. The van der Waals surface area contributed by atoms with Crippen molar-refractivity contribution in [2.24, 2.45) is 0 Å². The molecule has 0 aliphatic rings. The Morgan fingerprint density at radius 3 is 2.11 bits per heavy atom. The third-order valence-corrected chi connectivity index (χ3v) is 1.80. The molecule has 0 aliphatic heterocycles. The second-order valence-corrected chi connectivity index (χ2v) is 4.80. The van der Waals surface area contributed by atoms with E-state index in [9.17, 15) is 14.4 Å². The Labute approximate surface area is 105 Å². The van der Waals surface area contributed by atoms with E-state index >= 15 is 0 Å². The molecule has 0 heterocycles. The fourth-order valence-corrected chi connectivity index (χ4v) is 1.29. The highest BCUT2D eigenvalue weighted by molar-refractivity contribution is 5.90. The van der Waals surface area contributed by atoms with Crippen LogP contribution < -0.4 is 0 Å². The summed E-state index contributed by atoms with van der Waals surface area (Å²) in [7, 11) is 5.49. The second-order valence-electron chi connectivity index (χ2n) is 4.80. The first-order valence-electron chi connectivity index (χ1n) is 5.24. The molecule has 0 saturated carbocycles. The largest absolute Gasteiger partial charge is 0.481 e. The highest BCUT2D eigenvalue weighted by Gasteiger charge is 2.24. The average Bonchev–Trinajstić information content (AvgIpc) is 2.10. The third-order valence-electron chi connectivity index (χ3n) is 1.80. The Bertz CT molecular complexity index is 355. The van der Waals surface area contributed by atoms with Crippen molar-refractivity contribution in [1.82, 2.24) is 0 Å². The number of esters is 1. The molecule has 2 N–H and O–H groups in total. The number of quaternary nitrogens is 1. The van der Waals surface area contributed by atoms with Crippen LogP contribution in [0.25, 0.3) is 0 Å². The first kappa shape index (κ1) is 16.1. The zero-order valence-corrected chi connectivity index (χ0v) is 10.6. The van der Waals surface area contributed by atoms with Gasteiger partial charge in [-0.2, -0.15) is 0 Å². The molecule has 0 aromatic rings. The van der Waals surface area contributed by atoms with E-state index in [4.69, 9.17) is 14.9 Å². The van der Waals surface area contributed by atoms with Gasteiger partial charge in [-0.25, -0.2) is 9.59 Å². The number of nitrogens with zero attached hydrogens (tertiary/aromatic N) is 1. The zero-order valence-electron chi connectivity index (χ0n) is 10.6. The number of carboxylic acids is 2. The minimum atomic E-state index is -1.27. The van der Waals surface area contributed by atoms with Crippen molar-refractivity contribution >= 4 is 17.9 Å². The van der Waals surface area contributed by atoms with Crippen LogP contribution in [0.5, 0.6) is 0 Å². The van der Waals surface area contributed by atoms with Gasteiger partial charge in [0.2, 0.25) is 0 Å². The van der Waals surface area contributed by atoms with Gasteiger partial charge < -0.3 is 19.4 Å². The highest BCUT2D eigenvalue weighted by atomic mass is 16.5. The maximum atomic E-state index is 11.3. The van der Waals surface area contributed by atoms with Crippen molar-refractivity contribution in [1.29, 1.82) is 0 Å². The number of rotatable bonds is 7. The first-order chi connectivity index (χ1) is 8.10. The SMILES string of the molecule is C[N+](C)(C)CC(CC(=O)O)OC(=O)C=CC(=O)O. The molecule has 1 atom stereocenters. The molecule has 0 amide bonds. The minimum absolute atomic E-state index is 0.317. The van der Waals surface area contributed by atoms with Crippen molar-refractivity contribution in [2.45, 2.75) is 12.5 Å². The van der Waals surface area contributed by atoms with Crippen LogP contribution in [-0.4, -0.2) is 66.4 Å². The topological polar surface area (TPSA) is 101 Å². The van der Waals surface area contributed by atoms with Gasteiger partial charge in [-0.15, -0.1) is 0 Å². The van der Waals surface area contributed by atoms with Crippen LogP contribution in [0.15, 0.2) is 12.2 Å². The average molecular weight is 260 g/mol. The lowest BCUT2D eigenvalue weighted by molar-refractivity contribution is -0.873. The quantitative estimate of drug-likeness (QED) is 0.371. The molecule has 0 aromatic heterocycles. The summed E-state index contributed by atoms with van der Waals surface area (Å²) in [5.74, 6) is -3.21. The summed E-state index contributed by atoms with van der Waals surface area (Å²) in [5.41, 5.74) is 0. The molecule has 0 aromatic carbocycles. The molecule has 0 radical (unpaired) electrons. The maximum Gasteiger partial charge on any atom is 0.331 e. The van der Waals surface area contributed by atoms with Gasteiger partial charge in [-0.1, -0.05) is 0 Å². The Hall–Kier alpha value is -1.89. The molecule has 0 bridgehead atoms. The fourth-order valence-electron chi connectivity index (χ4n) is 1.29. The first-order valence-corrected chi connectivity index (χ1v) is 5.24. The lowest BCUT2D eigenvalue weighted by atomic mass is 10.2. The normalized spacial score (nSPS) is 13.3. The third kappa shape index (κ3) is 9.34. The van der Waals surface area contributed by atoms with Gasteiger partial charge in [-0.05, 0) is 0 Å². The number of carboxylic acid groups (broad SMARTS) is 2. The molecule has 0 saturated heterocycles. The van der Waals surface area contributed by atoms with Crippen molar-refractivity contribution in [3.8, 4) is 0 Å². The van der Waals surface area contributed by atoms with E-state index in [1.807, 2.05) is 21.1 Å². The van der Waals surface area contributed by atoms with E-state index in [1.54, 1.807) is 0 Å². The van der Waals surface area contributed by atoms with Crippen LogP contribution in [0, 0.1) is 0 Å². The van der Waals surface area contributed by atoms with E-state index in [2.05, 4.69) is 0 Å². The Kier molecular flexibility index (Phi) is 6.04. The van der Waals surface area contributed by atoms with Crippen molar-refractivity contribution in [2.75, 3.05) is 27.7 Å². The molecular weight excluding hydrogens is 242 g/mol. The molecule has 1 unspecified atom stereocenters. The number of ether oxygens (including phenoxy) is 1. The Morgan fingerprint density at radius 1 is 1.17 bits per heavy atom. The van der Waals surface area contributed by atoms with E-state index in [0.717, 1.165) is 6.08 Å². The van der Waals surface area contributed by atoms with Crippen LogP contribution in [-0.2, 0) is 19.1 Å². The highest BCUT2D eigenvalue weighted by Crippen LogP contribution is 2.05. The van der Waals surface area contributed by atoms with Crippen LogP contribution >= 0.6 is 0 Å². The van der Waals surface area contributed by atoms with Crippen molar-refractivity contribution in [3.05, 3.63) is 12.2 Å². The lowest BCUT2D eigenvalue weighted by Gasteiger charge is -2.28. The minimum Gasteiger partial charge on any atom is -0.481 e. The summed E-state index contributed by atoms with van der Waals surface area (Å²) >= 11 is 0. The summed E-state index contributed by atoms with van der Waals surface area (Å²) < 4.78 is 5.33. The van der Waals surface area contributed by atoms with Gasteiger partial charge in [0.15, 0.2) is 6.10 Å². The standard InChI is InChI=1S/C11H17NO6/c1-12(2,3)7-8(6-10(15)16)18-11(17)5-4-9(13)14/h4-5,8H,6-7H2,1-3H3,(H-,13,14,15,16)/p+1. The second kappa shape index (κ2) is 6.75. The van der Waals surface area contributed by atoms with Gasteiger partial charge in [0.25, 0.3) is 0 Å².